The molecule has 4 rings (SSSR count). The number of hydrogen-bond donors (Lipinski definition) is 0. The van der Waals surface area contributed by atoms with Crippen molar-refractivity contribution in [2.75, 3.05) is 13.9 Å². The maximum Gasteiger partial charge on any atom is 0.231 e. The largest absolute Gasteiger partial charge is 0.493 e. The first-order chi connectivity index (χ1) is 12.6. The van der Waals surface area contributed by atoms with Gasteiger partial charge in [-0.15, -0.1) is 0 Å². The number of aryl methyl sites for hydroxylation is 1. The van der Waals surface area contributed by atoms with Crippen LogP contribution >= 0.6 is 0 Å². The van der Waals surface area contributed by atoms with Crippen molar-refractivity contribution >= 4 is 0 Å². The lowest BCUT2D eigenvalue weighted by atomic mass is 10.2. The first-order valence-electron chi connectivity index (χ1n) is 8.52. The molecule has 1 aliphatic rings. The van der Waals surface area contributed by atoms with E-state index in [1.807, 2.05) is 31.5 Å². The van der Waals surface area contributed by atoms with E-state index in [-0.39, 0.29) is 6.79 Å². The van der Waals surface area contributed by atoms with Crippen LogP contribution in [0.25, 0.3) is 11.5 Å². The van der Waals surface area contributed by atoms with Crippen LogP contribution in [0.1, 0.15) is 37.0 Å². The highest BCUT2D eigenvalue weighted by molar-refractivity contribution is 5.66. The summed E-state index contributed by atoms with van der Waals surface area (Å²) in [6.45, 7) is 6.97. The standard InChI is InChI=1S/C19H21N3O4/c1-11(2)18-20-5-6-22(18)9-14-12(3)26-19(21-14)13-7-15(23-4)17-16(8-13)24-10-25-17/h5-8,11H,9-10H2,1-4H3. The molecule has 0 fully saturated rings. The highest BCUT2D eigenvalue weighted by Gasteiger charge is 2.23. The summed E-state index contributed by atoms with van der Waals surface area (Å²) in [6.07, 6.45) is 3.78. The minimum Gasteiger partial charge on any atom is -0.493 e. The van der Waals surface area contributed by atoms with Crippen LogP contribution in [0.3, 0.4) is 0 Å². The summed E-state index contributed by atoms with van der Waals surface area (Å²) in [5.74, 6) is 4.52. The molecule has 3 aromatic rings. The molecule has 7 nitrogen and oxygen atoms in total. The van der Waals surface area contributed by atoms with Crippen LogP contribution < -0.4 is 14.2 Å². The third kappa shape index (κ3) is 2.79. The van der Waals surface area contributed by atoms with Crippen LogP contribution in [0.4, 0.5) is 0 Å². The van der Waals surface area contributed by atoms with Crippen molar-refractivity contribution < 1.29 is 18.6 Å². The molecule has 1 aromatic carbocycles. The van der Waals surface area contributed by atoms with E-state index < -0.39 is 0 Å². The lowest BCUT2D eigenvalue weighted by molar-refractivity contribution is 0.171. The summed E-state index contributed by atoms with van der Waals surface area (Å²) >= 11 is 0. The highest BCUT2D eigenvalue weighted by atomic mass is 16.7. The van der Waals surface area contributed by atoms with E-state index in [0.717, 1.165) is 22.8 Å². The molecule has 0 atom stereocenters. The second-order valence-corrected chi connectivity index (χ2v) is 6.50. The van der Waals surface area contributed by atoms with Crippen LogP contribution in [0, 0.1) is 6.92 Å². The molecule has 3 heterocycles. The molecule has 0 spiro atoms. The Morgan fingerprint density at radius 2 is 2.12 bits per heavy atom. The lowest BCUT2D eigenvalue weighted by Gasteiger charge is -2.08. The van der Waals surface area contributed by atoms with E-state index in [1.54, 1.807) is 7.11 Å². The average molecular weight is 355 g/mol. The van der Waals surface area contributed by atoms with Gasteiger partial charge in [-0.3, -0.25) is 0 Å². The summed E-state index contributed by atoms with van der Waals surface area (Å²) < 4.78 is 24.3. The van der Waals surface area contributed by atoms with Crippen molar-refractivity contribution in [3.63, 3.8) is 0 Å². The number of ether oxygens (including phenoxy) is 3. The maximum absolute atomic E-state index is 5.91. The van der Waals surface area contributed by atoms with Crippen LogP contribution in [0.2, 0.25) is 0 Å². The van der Waals surface area contributed by atoms with Crippen molar-refractivity contribution in [3.05, 3.63) is 41.8 Å². The second-order valence-electron chi connectivity index (χ2n) is 6.50. The van der Waals surface area contributed by atoms with Gasteiger partial charge in [0.25, 0.3) is 0 Å². The Kier molecular flexibility index (Phi) is 4.06. The van der Waals surface area contributed by atoms with E-state index in [2.05, 4.69) is 28.4 Å². The van der Waals surface area contributed by atoms with Crippen molar-refractivity contribution in [3.8, 4) is 28.7 Å². The van der Waals surface area contributed by atoms with Gasteiger partial charge in [0.2, 0.25) is 18.4 Å². The van der Waals surface area contributed by atoms with Gasteiger partial charge < -0.3 is 23.2 Å². The fourth-order valence-corrected chi connectivity index (χ4v) is 3.07. The van der Waals surface area contributed by atoms with Crippen LogP contribution in [0.5, 0.6) is 17.2 Å². The SMILES string of the molecule is COc1cc(-c2nc(Cn3ccnc3C(C)C)c(C)o2)cc2c1OCO2. The van der Waals surface area contributed by atoms with Gasteiger partial charge in [0, 0.05) is 23.9 Å². The fourth-order valence-electron chi connectivity index (χ4n) is 3.07. The Hall–Kier alpha value is -2.96. The Balaban J connectivity index is 1.68. The molecule has 0 unspecified atom stereocenters. The molecule has 0 amide bonds. The number of hydrogen-bond acceptors (Lipinski definition) is 6. The zero-order valence-corrected chi connectivity index (χ0v) is 15.3. The minimum atomic E-state index is 0.184. The van der Waals surface area contributed by atoms with Gasteiger partial charge >= 0.3 is 0 Å². The monoisotopic (exact) mass is 355 g/mol. The summed E-state index contributed by atoms with van der Waals surface area (Å²) in [6, 6.07) is 3.70. The first kappa shape index (κ1) is 16.5. The summed E-state index contributed by atoms with van der Waals surface area (Å²) in [5, 5.41) is 0. The third-order valence-electron chi connectivity index (χ3n) is 4.38. The van der Waals surface area contributed by atoms with Gasteiger partial charge in [-0.05, 0) is 19.1 Å². The smallest absolute Gasteiger partial charge is 0.231 e. The number of fused-ring (bicyclic) bond motifs is 1. The molecule has 0 saturated heterocycles. The molecule has 0 saturated carbocycles. The number of rotatable bonds is 5. The minimum absolute atomic E-state index is 0.184. The van der Waals surface area contributed by atoms with Gasteiger partial charge in [0.1, 0.15) is 17.3 Å². The predicted octanol–water partition coefficient (Wildman–Crippen LogP) is 3.76. The number of imidazole rings is 1. The molecule has 7 heteroatoms. The molecule has 0 N–H and O–H groups in total. The van der Waals surface area contributed by atoms with Gasteiger partial charge in [0.15, 0.2) is 11.5 Å². The first-order valence-corrected chi connectivity index (χ1v) is 8.52. The molecule has 2 aromatic heterocycles. The zero-order valence-electron chi connectivity index (χ0n) is 15.3. The number of oxazole rings is 1. The quantitative estimate of drug-likeness (QED) is 0.694. The van der Waals surface area contributed by atoms with Crippen molar-refractivity contribution in [1.29, 1.82) is 0 Å². The van der Waals surface area contributed by atoms with Crippen molar-refractivity contribution in [2.24, 2.45) is 0 Å². The second kappa shape index (κ2) is 6.40. The normalized spacial score (nSPS) is 12.8. The third-order valence-corrected chi connectivity index (χ3v) is 4.38. The molecule has 0 bridgehead atoms. The molecule has 0 radical (unpaired) electrons. The van der Waals surface area contributed by atoms with Crippen LogP contribution in [-0.4, -0.2) is 28.4 Å². The van der Waals surface area contributed by atoms with Gasteiger partial charge in [0.05, 0.1) is 13.7 Å². The molecule has 0 aliphatic carbocycles. The maximum atomic E-state index is 5.91. The van der Waals surface area contributed by atoms with Crippen molar-refractivity contribution in [1.82, 2.24) is 14.5 Å². The Bertz CT molecular complexity index is 942. The summed E-state index contributed by atoms with van der Waals surface area (Å²) in [4.78, 5) is 9.12. The number of nitrogens with zero attached hydrogens (tertiary/aromatic N) is 3. The zero-order chi connectivity index (χ0) is 18.3. The van der Waals surface area contributed by atoms with E-state index in [1.165, 1.54) is 0 Å². The highest BCUT2D eigenvalue weighted by Crippen LogP contribution is 2.44. The number of methoxy groups -OCH3 is 1. The Morgan fingerprint density at radius 3 is 2.88 bits per heavy atom. The van der Waals surface area contributed by atoms with Crippen molar-refractivity contribution in [2.45, 2.75) is 33.2 Å². The predicted molar refractivity (Wildman–Crippen MR) is 94.8 cm³/mol. The molecular formula is C19H21N3O4. The van der Waals surface area contributed by atoms with E-state index in [4.69, 9.17) is 18.6 Å². The number of aromatic nitrogens is 3. The van der Waals surface area contributed by atoms with Crippen LogP contribution in [0.15, 0.2) is 28.9 Å². The number of benzene rings is 1. The van der Waals surface area contributed by atoms with E-state index in [9.17, 15) is 0 Å². The summed E-state index contributed by atoms with van der Waals surface area (Å²) in [5.41, 5.74) is 1.66. The Morgan fingerprint density at radius 1 is 1.27 bits per heavy atom. The topological polar surface area (TPSA) is 71.5 Å². The van der Waals surface area contributed by atoms with Crippen LogP contribution in [-0.2, 0) is 6.54 Å². The molecule has 1 aliphatic heterocycles. The lowest BCUT2D eigenvalue weighted by Crippen LogP contribution is -2.06. The molecule has 136 valence electrons. The molecular weight excluding hydrogens is 334 g/mol. The van der Waals surface area contributed by atoms with E-state index >= 15 is 0 Å². The van der Waals surface area contributed by atoms with E-state index in [0.29, 0.717) is 35.6 Å². The average Bonchev–Trinajstić information content (AvgIpc) is 3.34. The fraction of sp³-hybridized carbons (Fsp3) is 0.368. The van der Waals surface area contributed by atoms with Gasteiger partial charge in [-0.25, -0.2) is 9.97 Å². The molecule has 26 heavy (non-hydrogen) atoms. The Labute approximate surface area is 151 Å². The van der Waals surface area contributed by atoms with Gasteiger partial charge in [-0.2, -0.15) is 0 Å². The summed E-state index contributed by atoms with van der Waals surface area (Å²) in [7, 11) is 1.60. The van der Waals surface area contributed by atoms with Gasteiger partial charge in [-0.1, -0.05) is 13.8 Å².